The van der Waals surface area contributed by atoms with Gasteiger partial charge in [0.15, 0.2) is 0 Å². The van der Waals surface area contributed by atoms with Gasteiger partial charge in [0, 0.05) is 64.4 Å². The summed E-state index contributed by atoms with van der Waals surface area (Å²) >= 11 is 0. The van der Waals surface area contributed by atoms with Gasteiger partial charge in [-0.3, -0.25) is 9.88 Å². The van der Waals surface area contributed by atoms with Crippen LogP contribution in [-0.4, -0.2) is 66.9 Å². The quantitative estimate of drug-likeness (QED) is 0.776. The largest absolute Gasteiger partial charge is 0.354 e. The van der Waals surface area contributed by atoms with Crippen LogP contribution in [0.2, 0.25) is 0 Å². The molecule has 4 heterocycles. The van der Waals surface area contributed by atoms with E-state index >= 15 is 0 Å². The molecule has 2 aliphatic rings. The Hall–Kier alpha value is -2.03. The van der Waals surface area contributed by atoms with Gasteiger partial charge in [0.1, 0.15) is 10.7 Å². The van der Waals surface area contributed by atoms with Gasteiger partial charge in [0.25, 0.3) is 0 Å². The summed E-state index contributed by atoms with van der Waals surface area (Å²) in [4.78, 5) is 13.5. The highest BCUT2D eigenvalue weighted by Gasteiger charge is 2.27. The van der Waals surface area contributed by atoms with Crippen molar-refractivity contribution in [2.75, 3.05) is 44.2 Å². The van der Waals surface area contributed by atoms with Crippen molar-refractivity contribution in [3.05, 3.63) is 48.4 Å². The number of rotatable bonds is 5. The molecule has 27 heavy (non-hydrogen) atoms. The summed E-state index contributed by atoms with van der Waals surface area (Å²) in [5.41, 5.74) is 1.22. The molecule has 0 atom stereocenters. The standard InChI is InChI=1S/C19H25N5O2S/c25-27(26,24-8-1-2-9-24)18-5-6-19(21-15-18)23-12-10-22(11-13-23)16-17-4-3-7-20-14-17/h3-7,14-15H,1-2,8-13,16H2. The third-order valence-electron chi connectivity index (χ3n) is 5.25. The average molecular weight is 388 g/mol. The minimum atomic E-state index is -3.39. The summed E-state index contributed by atoms with van der Waals surface area (Å²) < 4.78 is 26.8. The van der Waals surface area contributed by atoms with Crippen LogP contribution in [0.4, 0.5) is 5.82 Å². The molecule has 2 aliphatic heterocycles. The van der Waals surface area contributed by atoms with Crippen LogP contribution in [-0.2, 0) is 16.6 Å². The Bertz CT molecular complexity index is 843. The van der Waals surface area contributed by atoms with Crippen molar-refractivity contribution in [1.29, 1.82) is 0 Å². The Morgan fingerprint density at radius 3 is 2.33 bits per heavy atom. The molecular formula is C19H25N5O2S. The fourth-order valence-corrected chi connectivity index (χ4v) is 5.14. The van der Waals surface area contributed by atoms with E-state index in [9.17, 15) is 8.42 Å². The van der Waals surface area contributed by atoms with Gasteiger partial charge in [-0.25, -0.2) is 13.4 Å². The van der Waals surface area contributed by atoms with Gasteiger partial charge < -0.3 is 4.90 Å². The van der Waals surface area contributed by atoms with Gasteiger partial charge in [0.2, 0.25) is 10.0 Å². The summed E-state index contributed by atoms with van der Waals surface area (Å²) in [5.74, 6) is 0.844. The fourth-order valence-electron chi connectivity index (χ4n) is 3.67. The normalized spacial score (nSPS) is 19.5. The Kier molecular flexibility index (Phi) is 5.38. The molecule has 0 aromatic carbocycles. The van der Waals surface area contributed by atoms with Gasteiger partial charge in [0.05, 0.1) is 0 Å². The van der Waals surface area contributed by atoms with Crippen LogP contribution in [0.1, 0.15) is 18.4 Å². The van der Waals surface area contributed by atoms with E-state index in [0.29, 0.717) is 18.0 Å². The lowest BCUT2D eigenvalue weighted by Crippen LogP contribution is -2.46. The van der Waals surface area contributed by atoms with Crippen molar-refractivity contribution in [3.8, 4) is 0 Å². The summed E-state index contributed by atoms with van der Waals surface area (Å²) in [6.07, 6.45) is 7.08. The molecule has 0 radical (unpaired) electrons. The predicted octanol–water partition coefficient (Wildman–Crippen LogP) is 1.58. The smallest absolute Gasteiger partial charge is 0.244 e. The van der Waals surface area contributed by atoms with Gasteiger partial charge in [-0.15, -0.1) is 0 Å². The van der Waals surface area contributed by atoms with Crippen LogP contribution < -0.4 is 4.90 Å². The van der Waals surface area contributed by atoms with E-state index < -0.39 is 10.0 Å². The molecular weight excluding hydrogens is 362 g/mol. The number of pyridine rings is 2. The van der Waals surface area contributed by atoms with Crippen molar-refractivity contribution in [1.82, 2.24) is 19.2 Å². The lowest BCUT2D eigenvalue weighted by molar-refractivity contribution is 0.249. The highest BCUT2D eigenvalue weighted by molar-refractivity contribution is 7.89. The van der Waals surface area contributed by atoms with E-state index in [1.165, 1.54) is 11.8 Å². The maximum absolute atomic E-state index is 12.6. The number of aromatic nitrogens is 2. The molecule has 0 saturated carbocycles. The molecule has 0 bridgehead atoms. The minimum absolute atomic E-state index is 0.295. The van der Waals surface area contributed by atoms with Crippen molar-refractivity contribution >= 4 is 15.8 Å². The zero-order valence-electron chi connectivity index (χ0n) is 15.4. The molecule has 7 nitrogen and oxygen atoms in total. The third kappa shape index (κ3) is 4.12. The Morgan fingerprint density at radius 2 is 1.70 bits per heavy atom. The predicted molar refractivity (Wildman–Crippen MR) is 104 cm³/mol. The lowest BCUT2D eigenvalue weighted by Gasteiger charge is -2.35. The summed E-state index contributed by atoms with van der Waals surface area (Å²) in [7, 11) is -3.39. The summed E-state index contributed by atoms with van der Waals surface area (Å²) in [5, 5.41) is 0. The Morgan fingerprint density at radius 1 is 0.926 bits per heavy atom. The molecule has 8 heteroatoms. The first-order valence-corrected chi connectivity index (χ1v) is 10.9. The number of hydrogen-bond donors (Lipinski definition) is 0. The number of hydrogen-bond acceptors (Lipinski definition) is 6. The molecule has 0 N–H and O–H groups in total. The van der Waals surface area contributed by atoms with Crippen LogP contribution in [0.3, 0.4) is 0 Å². The molecule has 4 rings (SSSR count). The first kappa shape index (κ1) is 18.3. The van der Waals surface area contributed by atoms with Crippen molar-refractivity contribution in [3.63, 3.8) is 0 Å². The van der Waals surface area contributed by atoms with Crippen LogP contribution in [0.15, 0.2) is 47.8 Å². The van der Waals surface area contributed by atoms with E-state index in [4.69, 9.17) is 0 Å². The second-order valence-corrected chi connectivity index (χ2v) is 9.03. The molecule has 144 valence electrons. The minimum Gasteiger partial charge on any atom is -0.354 e. The zero-order valence-corrected chi connectivity index (χ0v) is 16.2. The molecule has 2 saturated heterocycles. The van der Waals surface area contributed by atoms with E-state index in [2.05, 4.69) is 25.8 Å². The fraction of sp³-hybridized carbons (Fsp3) is 0.474. The van der Waals surface area contributed by atoms with Crippen LogP contribution >= 0.6 is 0 Å². The second-order valence-electron chi connectivity index (χ2n) is 7.09. The number of piperazine rings is 1. The summed E-state index contributed by atoms with van der Waals surface area (Å²) in [6.45, 7) is 5.79. The van der Waals surface area contributed by atoms with Gasteiger partial charge in [-0.1, -0.05) is 6.07 Å². The van der Waals surface area contributed by atoms with E-state index in [1.807, 2.05) is 18.3 Å². The van der Waals surface area contributed by atoms with E-state index in [-0.39, 0.29) is 0 Å². The molecule has 0 unspecified atom stereocenters. The maximum atomic E-state index is 12.6. The van der Waals surface area contributed by atoms with Crippen LogP contribution in [0, 0.1) is 0 Å². The van der Waals surface area contributed by atoms with Crippen molar-refractivity contribution in [2.45, 2.75) is 24.3 Å². The molecule has 2 fully saturated rings. The van der Waals surface area contributed by atoms with E-state index in [1.54, 1.807) is 16.6 Å². The van der Waals surface area contributed by atoms with Crippen molar-refractivity contribution in [2.24, 2.45) is 0 Å². The zero-order chi connectivity index (χ0) is 18.7. The first-order chi connectivity index (χ1) is 13.1. The second kappa shape index (κ2) is 7.92. The topological polar surface area (TPSA) is 69.6 Å². The molecule has 0 amide bonds. The highest BCUT2D eigenvalue weighted by Crippen LogP contribution is 2.22. The van der Waals surface area contributed by atoms with Gasteiger partial charge in [-0.05, 0) is 36.6 Å². The Balaban J connectivity index is 1.36. The lowest BCUT2D eigenvalue weighted by atomic mass is 10.2. The third-order valence-corrected chi connectivity index (χ3v) is 7.13. The van der Waals surface area contributed by atoms with Crippen molar-refractivity contribution < 1.29 is 8.42 Å². The van der Waals surface area contributed by atoms with E-state index in [0.717, 1.165) is 51.4 Å². The monoisotopic (exact) mass is 387 g/mol. The van der Waals surface area contributed by atoms with Crippen LogP contribution in [0.5, 0.6) is 0 Å². The average Bonchev–Trinajstić information content (AvgIpc) is 3.25. The number of anilines is 1. The van der Waals surface area contributed by atoms with Gasteiger partial charge >= 0.3 is 0 Å². The number of sulfonamides is 1. The van der Waals surface area contributed by atoms with Gasteiger partial charge in [-0.2, -0.15) is 4.31 Å². The Labute approximate surface area is 160 Å². The SMILES string of the molecule is O=S(=O)(c1ccc(N2CCN(Cc3cccnc3)CC2)nc1)N1CCCC1. The first-order valence-electron chi connectivity index (χ1n) is 9.45. The molecule has 2 aromatic rings. The maximum Gasteiger partial charge on any atom is 0.244 e. The highest BCUT2D eigenvalue weighted by atomic mass is 32.2. The summed E-state index contributed by atoms with van der Waals surface area (Å²) in [6, 6.07) is 7.59. The van der Waals surface area contributed by atoms with Crippen LogP contribution in [0.25, 0.3) is 0 Å². The molecule has 0 aliphatic carbocycles. The molecule has 2 aromatic heterocycles. The molecule has 0 spiro atoms. The number of nitrogens with zero attached hydrogens (tertiary/aromatic N) is 5.